The molecule has 2 N–H and O–H groups in total. The van der Waals surface area contributed by atoms with Crippen molar-refractivity contribution in [1.82, 2.24) is 15.5 Å². The van der Waals surface area contributed by atoms with Crippen LogP contribution in [0.5, 0.6) is 11.5 Å². The van der Waals surface area contributed by atoms with Crippen molar-refractivity contribution in [3.05, 3.63) is 23.8 Å². The van der Waals surface area contributed by atoms with Crippen molar-refractivity contribution < 1.29 is 9.47 Å². The van der Waals surface area contributed by atoms with Crippen LogP contribution in [0.1, 0.15) is 24.8 Å². The van der Waals surface area contributed by atoms with E-state index in [0.717, 1.165) is 42.9 Å². The summed E-state index contributed by atoms with van der Waals surface area (Å²) >= 11 is 0. The molecule has 1 aliphatic heterocycles. The third kappa shape index (κ3) is 8.13. The predicted molar refractivity (Wildman–Crippen MR) is 123 cm³/mol. The molecule has 0 saturated carbocycles. The van der Waals surface area contributed by atoms with Crippen molar-refractivity contribution in [2.24, 2.45) is 10.9 Å². The molecule has 154 valence electrons. The van der Waals surface area contributed by atoms with Crippen LogP contribution >= 0.6 is 24.0 Å². The largest absolute Gasteiger partial charge is 0.493 e. The molecule has 2 rings (SSSR count). The third-order valence-electron chi connectivity index (χ3n) is 5.06. The monoisotopic (exact) mass is 490 g/mol. The second kappa shape index (κ2) is 13.0. The van der Waals surface area contributed by atoms with Gasteiger partial charge in [0.1, 0.15) is 0 Å². The van der Waals surface area contributed by atoms with Gasteiger partial charge in [0.2, 0.25) is 0 Å². The van der Waals surface area contributed by atoms with E-state index in [1.165, 1.54) is 37.9 Å². The number of methoxy groups -OCH3 is 2. The first kappa shape index (κ1) is 23.8. The first-order valence-corrected chi connectivity index (χ1v) is 9.50. The number of nitrogens with zero attached hydrogens (tertiary/aromatic N) is 2. The molecule has 0 unspecified atom stereocenters. The highest BCUT2D eigenvalue weighted by Gasteiger charge is 2.16. The summed E-state index contributed by atoms with van der Waals surface area (Å²) in [7, 11) is 7.34. The molecule has 6 nitrogen and oxygen atoms in total. The summed E-state index contributed by atoms with van der Waals surface area (Å²) in [5, 5.41) is 6.82. The highest BCUT2D eigenvalue weighted by molar-refractivity contribution is 14.0. The predicted octanol–water partition coefficient (Wildman–Crippen LogP) is 2.76. The van der Waals surface area contributed by atoms with Gasteiger partial charge in [-0.1, -0.05) is 6.07 Å². The highest BCUT2D eigenvalue weighted by Crippen LogP contribution is 2.27. The van der Waals surface area contributed by atoms with Crippen molar-refractivity contribution in [3.8, 4) is 11.5 Å². The molecule has 1 aliphatic rings. The molecule has 1 fully saturated rings. The smallest absolute Gasteiger partial charge is 0.190 e. The molecule has 0 atom stereocenters. The van der Waals surface area contributed by atoms with Crippen molar-refractivity contribution in [2.75, 3.05) is 54.5 Å². The summed E-state index contributed by atoms with van der Waals surface area (Å²) < 4.78 is 10.6. The first-order chi connectivity index (χ1) is 12.7. The molecule has 27 heavy (non-hydrogen) atoms. The summed E-state index contributed by atoms with van der Waals surface area (Å²) in [6, 6.07) is 6.04. The molecule has 0 amide bonds. The van der Waals surface area contributed by atoms with Gasteiger partial charge in [0.05, 0.1) is 14.2 Å². The number of guanidine groups is 1. The molecule has 1 aromatic carbocycles. The minimum Gasteiger partial charge on any atom is -0.493 e. The van der Waals surface area contributed by atoms with Gasteiger partial charge in [0.25, 0.3) is 0 Å². The van der Waals surface area contributed by atoms with E-state index < -0.39 is 0 Å². The van der Waals surface area contributed by atoms with Gasteiger partial charge in [-0.25, -0.2) is 0 Å². The van der Waals surface area contributed by atoms with Gasteiger partial charge in [-0.05, 0) is 69.4 Å². The minimum atomic E-state index is 0. The van der Waals surface area contributed by atoms with Crippen LogP contribution < -0.4 is 20.1 Å². The second-order valence-electron chi connectivity index (χ2n) is 6.90. The Labute approximate surface area is 181 Å². The number of aliphatic imine (C=N–C) groups is 1. The molecule has 1 heterocycles. The van der Waals surface area contributed by atoms with Gasteiger partial charge >= 0.3 is 0 Å². The summed E-state index contributed by atoms with van der Waals surface area (Å²) in [5.41, 5.74) is 1.21. The van der Waals surface area contributed by atoms with Crippen molar-refractivity contribution >= 4 is 29.9 Å². The Kier molecular flexibility index (Phi) is 11.5. The molecular formula is C20H35IN4O2. The summed E-state index contributed by atoms with van der Waals surface area (Å²) in [6.45, 7) is 4.25. The Morgan fingerprint density at radius 2 is 1.78 bits per heavy atom. The molecular weight excluding hydrogens is 455 g/mol. The van der Waals surface area contributed by atoms with E-state index in [0.29, 0.717) is 0 Å². The Bertz CT molecular complexity index is 575. The van der Waals surface area contributed by atoms with E-state index in [1.54, 1.807) is 14.2 Å². The van der Waals surface area contributed by atoms with Crippen molar-refractivity contribution in [3.63, 3.8) is 0 Å². The Balaban J connectivity index is 0.00000364. The van der Waals surface area contributed by atoms with Crippen LogP contribution in [0.4, 0.5) is 0 Å². The van der Waals surface area contributed by atoms with Crippen LogP contribution in [0, 0.1) is 5.92 Å². The van der Waals surface area contributed by atoms with Gasteiger partial charge in [-0.15, -0.1) is 24.0 Å². The number of rotatable bonds is 8. The molecule has 1 aromatic rings. The fourth-order valence-corrected chi connectivity index (χ4v) is 3.33. The maximum atomic E-state index is 5.36. The number of benzene rings is 1. The van der Waals surface area contributed by atoms with Crippen LogP contribution in [-0.4, -0.2) is 65.4 Å². The average molecular weight is 490 g/mol. The van der Waals surface area contributed by atoms with E-state index in [1.807, 2.05) is 19.2 Å². The Morgan fingerprint density at radius 1 is 1.11 bits per heavy atom. The van der Waals surface area contributed by atoms with Gasteiger partial charge in [0, 0.05) is 20.1 Å². The van der Waals surface area contributed by atoms with Crippen LogP contribution in [0.2, 0.25) is 0 Å². The zero-order valence-electron chi connectivity index (χ0n) is 17.1. The standard InChI is InChI=1S/C20H34N4O2.HI/c1-21-20(22-11-7-16-9-13-24(2)14-10-16)23-12-8-17-5-6-18(25-3)19(15-17)26-4;/h5-6,15-16H,7-14H2,1-4H3,(H2,21,22,23);1H. The fourth-order valence-electron chi connectivity index (χ4n) is 3.33. The quantitative estimate of drug-likeness (QED) is 0.334. The van der Waals surface area contributed by atoms with E-state index in [9.17, 15) is 0 Å². The zero-order valence-corrected chi connectivity index (χ0v) is 19.4. The third-order valence-corrected chi connectivity index (χ3v) is 5.06. The number of likely N-dealkylation sites (tertiary alicyclic amines) is 1. The van der Waals surface area contributed by atoms with Crippen molar-refractivity contribution in [2.45, 2.75) is 25.7 Å². The van der Waals surface area contributed by atoms with Crippen molar-refractivity contribution in [1.29, 1.82) is 0 Å². The van der Waals surface area contributed by atoms with Gasteiger partial charge < -0.3 is 25.0 Å². The fraction of sp³-hybridized carbons (Fsp3) is 0.650. The number of ether oxygens (including phenoxy) is 2. The average Bonchev–Trinajstić information content (AvgIpc) is 2.68. The molecule has 1 saturated heterocycles. The summed E-state index contributed by atoms with van der Waals surface area (Å²) in [6.07, 6.45) is 4.73. The Hall–Kier alpha value is -1.22. The molecule has 0 radical (unpaired) electrons. The molecule has 0 aromatic heterocycles. The van der Waals surface area contributed by atoms with Crippen LogP contribution in [-0.2, 0) is 6.42 Å². The maximum absolute atomic E-state index is 5.36. The Morgan fingerprint density at radius 3 is 2.41 bits per heavy atom. The second-order valence-corrected chi connectivity index (χ2v) is 6.90. The number of hydrogen-bond acceptors (Lipinski definition) is 4. The lowest BCUT2D eigenvalue weighted by Crippen LogP contribution is -2.39. The number of halogens is 1. The lowest BCUT2D eigenvalue weighted by atomic mass is 9.94. The van der Waals surface area contributed by atoms with Crippen LogP contribution in [0.25, 0.3) is 0 Å². The number of nitrogens with one attached hydrogen (secondary N) is 2. The number of piperidine rings is 1. The van der Waals surface area contributed by atoms with E-state index in [2.05, 4.69) is 33.6 Å². The van der Waals surface area contributed by atoms with Crippen LogP contribution in [0.15, 0.2) is 23.2 Å². The highest BCUT2D eigenvalue weighted by atomic mass is 127. The number of hydrogen-bond donors (Lipinski definition) is 2. The van der Waals surface area contributed by atoms with Gasteiger partial charge in [-0.2, -0.15) is 0 Å². The summed E-state index contributed by atoms with van der Waals surface area (Å²) in [4.78, 5) is 6.73. The molecule has 7 heteroatoms. The lowest BCUT2D eigenvalue weighted by Gasteiger charge is -2.29. The molecule has 0 aliphatic carbocycles. The summed E-state index contributed by atoms with van der Waals surface area (Å²) in [5.74, 6) is 3.24. The van der Waals surface area contributed by atoms with E-state index >= 15 is 0 Å². The van der Waals surface area contributed by atoms with E-state index in [-0.39, 0.29) is 24.0 Å². The van der Waals surface area contributed by atoms with E-state index in [4.69, 9.17) is 9.47 Å². The molecule has 0 spiro atoms. The van der Waals surface area contributed by atoms with Gasteiger partial charge in [0.15, 0.2) is 17.5 Å². The SMILES string of the molecule is CN=C(NCCc1ccc(OC)c(OC)c1)NCCC1CCN(C)CC1.I. The lowest BCUT2D eigenvalue weighted by molar-refractivity contribution is 0.213. The molecule has 0 bridgehead atoms. The zero-order chi connectivity index (χ0) is 18.8. The van der Waals surface area contributed by atoms with Gasteiger partial charge in [-0.3, -0.25) is 4.99 Å². The first-order valence-electron chi connectivity index (χ1n) is 9.50. The maximum Gasteiger partial charge on any atom is 0.190 e. The normalized spacial score (nSPS) is 15.8. The topological polar surface area (TPSA) is 58.1 Å². The van der Waals surface area contributed by atoms with Crippen LogP contribution in [0.3, 0.4) is 0 Å². The minimum absolute atomic E-state index is 0.